The number of carbonyl (C=O) groups is 24. The molecule has 4 saturated heterocycles. The van der Waals surface area contributed by atoms with Crippen LogP contribution in [0.15, 0.2) is 12.5 Å². The van der Waals surface area contributed by atoms with Crippen molar-refractivity contribution in [3.8, 4) is 0 Å². The van der Waals surface area contributed by atoms with Crippen molar-refractivity contribution in [1.82, 2.24) is 120 Å². The molecule has 5 rings (SSSR count). The van der Waals surface area contributed by atoms with Gasteiger partial charge in [-0.1, -0.05) is 61.8 Å². The van der Waals surface area contributed by atoms with Gasteiger partial charge in [-0.2, -0.15) is 12.6 Å². The molecular formula is C89H144N26O32S. The first-order valence-corrected chi connectivity index (χ1v) is 49.2. The number of primary amides is 2. The maximum Gasteiger partial charge on any atom is 0.328 e. The quantitative estimate of drug-likeness (QED) is 0.0269. The number of aliphatic hydroxyl groups is 7. The Balaban J connectivity index is 1.15. The zero-order chi connectivity index (χ0) is 111. The Morgan fingerprint density at radius 1 is 0.412 bits per heavy atom. The number of carbonyl (C=O) groups excluding carboxylic acids is 23. The minimum absolute atomic E-state index is 0.00248. The van der Waals surface area contributed by atoms with Crippen molar-refractivity contribution < 1.29 is 156 Å². The molecule has 1 aromatic heterocycles. The number of aliphatic carboxylic acids is 1. The number of rotatable bonds is 61. The zero-order valence-corrected chi connectivity index (χ0v) is 84.7. The van der Waals surface area contributed by atoms with Crippen molar-refractivity contribution in [2.45, 2.75) is 280 Å². The fourth-order valence-corrected chi connectivity index (χ4v) is 16.7. The number of nitrogens with two attached hydrogens (primary N) is 3. The third-order valence-corrected chi connectivity index (χ3v) is 25.2. The van der Waals surface area contributed by atoms with Crippen LogP contribution in [-0.4, -0.2) is 424 Å². The number of thiol groups is 1. The van der Waals surface area contributed by atoms with E-state index < -0.39 is 346 Å². The molecule has 0 saturated carbocycles. The van der Waals surface area contributed by atoms with Crippen LogP contribution in [0.5, 0.6) is 0 Å². The Bertz CT molecular complexity index is 4830. The van der Waals surface area contributed by atoms with Crippen LogP contribution in [0, 0.1) is 23.7 Å². The minimum Gasteiger partial charge on any atom is -0.480 e. The second kappa shape index (κ2) is 61.3. The maximum absolute atomic E-state index is 14.8. The Hall–Kier alpha value is -13.5. The third kappa shape index (κ3) is 38.0. The van der Waals surface area contributed by atoms with Gasteiger partial charge in [-0.05, 0) is 101 Å². The first-order chi connectivity index (χ1) is 69.8. The normalized spacial score (nSPS) is 18.9. The number of hydrogen-bond acceptors (Lipinski definition) is 34. The summed E-state index contributed by atoms with van der Waals surface area (Å²) in [5.74, 6) is -26.9. The van der Waals surface area contributed by atoms with Crippen molar-refractivity contribution in [2.24, 2.45) is 40.9 Å². The van der Waals surface area contributed by atoms with Gasteiger partial charge in [0.1, 0.15) is 109 Å². The molecule has 0 spiro atoms. The lowest BCUT2D eigenvalue weighted by molar-refractivity contribution is -0.149. The highest BCUT2D eigenvalue weighted by molar-refractivity contribution is 7.80. The highest BCUT2D eigenvalue weighted by atomic mass is 32.1. The van der Waals surface area contributed by atoms with E-state index in [1.165, 1.54) is 38.2 Å². The molecule has 0 bridgehead atoms. The van der Waals surface area contributed by atoms with Gasteiger partial charge in [0, 0.05) is 56.7 Å². The van der Waals surface area contributed by atoms with Crippen LogP contribution in [0.4, 0.5) is 0 Å². The second-order valence-electron chi connectivity index (χ2n) is 37.5. The van der Waals surface area contributed by atoms with Crippen LogP contribution in [0.3, 0.4) is 0 Å². The molecule has 23 amide bonds. The van der Waals surface area contributed by atoms with Crippen LogP contribution in [0.25, 0.3) is 0 Å². The molecule has 4 fully saturated rings. The molecule has 148 heavy (non-hydrogen) atoms. The first kappa shape index (κ1) is 125. The standard InChI is InChI=1S/C89H144N26O32S/c1-10-44(8)69(110-84(141)59-15-11-21-112(59)67(127)32-96-72(129)51(28-64(92)124)103-75(132)50(27-46-29-93-40-97-46)100-71(128)47(90)19-20-63(91)123)87(144)114-23-13-17-61(114)83(140)105-56(37-120)80(137)102-49(26-42(4)5)77(134)111-70(45(9)122)88(145)115-24-14-18-62(115)86(143)113-22-12-16-60(113)82(139)104-52(33-116)73(130)94-30-65(125)98-54(35-118)78(135)101-48(25-41(2)3)76(133)109-68(43(6)7)85(142)106-53(34-117)74(131)95-31-66(126)99-55(36-119)79(136)108-58(39-148)81(138)107-57(38-121)89(146)147/h29,40-45,47-62,68-70,116-122,148H,10-28,30-39,90H2,1-9H3,(H2,91,123)(H2,92,124)(H,93,97)(H,94,130)(H,95,131)(H,96,129)(H,98,125)(H,99,126)(H,100,128)(H,101,135)(H,102,137)(H,103,132)(H,104,139)(H,105,140)(H,106,142)(H,107,138)(H,108,136)(H,109,133)(H,110,141)(H,111,134)(H,146,147)/t44-,45+,47-,48-,49-,50-,51-,52-,53-,54-,55-,56-,57-,58-,59-,60-,61-,62-,68-,69-,70-/m0/s1. The molecule has 0 aliphatic carbocycles. The average Bonchev–Trinajstić information content (AvgIpc) is 1.69. The summed E-state index contributed by atoms with van der Waals surface area (Å²) in [6.07, 6.45) is 0.687. The Morgan fingerprint density at radius 2 is 0.784 bits per heavy atom. The van der Waals surface area contributed by atoms with Gasteiger partial charge in [-0.25, -0.2) is 9.78 Å². The van der Waals surface area contributed by atoms with Gasteiger partial charge in [-0.15, -0.1) is 0 Å². The Kier molecular flexibility index (Phi) is 51.8. The lowest BCUT2D eigenvalue weighted by Gasteiger charge is -2.34. The van der Waals surface area contributed by atoms with Gasteiger partial charge in [0.25, 0.3) is 0 Å². The van der Waals surface area contributed by atoms with E-state index >= 15 is 0 Å². The van der Waals surface area contributed by atoms with Gasteiger partial charge in [0.2, 0.25) is 136 Å². The largest absolute Gasteiger partial charge is 0.480 e. The summed E-state index contributed by atoms with van der Waals surface area (Å²) in [5, 5.41) is 120. The van der Waals surface area contributed by atoms with Crippen LogP contribution in [-0.2, 0) is 121 Å². The number of aromatic nitrogens is 2. The lowest BCUT2D eigenvalue weighted by atomic mass is 9.96. The van der Waals surface area contributed by atoms with Crippen LogP contribution < -0.4 is 108 Å². The predicted molar refractivity (Wildman–Crippen MR) is 516 cm³/mol. The van der Waals surface area contributed by atoms with Crippen molar-refractivity contribution >= 4 is 154 Å². The number of aromatic amines is 1. The van der Waals surface area contributed by atoms with E-state index in [0.717, 1.165) is 14.7 Å². The zero-order valence-electron chi connectivity index (χ0n) is 83.8. The highest BCUT2D eigenvalue weighted by Crippen LogP contribution is 2.29. The molecule has 4 aliphatic heterocycles. The smallest absolute Gasteiger partial charge is 0.328 e. The van der Waals surface area contributed by atoms with Gasteiger partial charge < -0.3 is 173 Å². The van der Waals surface area contributed by atoms with Gasteiger partial charge in [0.05, 0.1) is 84.2 Å². The van der Waals surface area contributed by atoms with E-state index in [2.05, 4.69) is 108 Å². The number of imidazole rings is 1. The predicted octanol–water partition coefficient (Wildman–Crippen LogP) is -15.3. The van der Waals surface area contributed by atoms with E-state index in [1.807, 2.05) is 5.32 Å². The molecule has 828 valence electrons. The molecule has 59 heteroatoms. The van der Waals surface area contributed by atoms with Crippen molar-refractivity contribution in [3.63, 3.8) is 0 Å². The van der Waals surface area contributed by atoms with E-state index in [1.54, 1.807) is 41.5 Å². The molecule has 21 atom stereocenters. The summed E-state index contributed by atoms with van der Waals surface area (Å²) in [7, 11) is 0. The molecule has 1 aromatic rings. The first-order valence-electron chi connectivity index (χ1n) is 48.6. The summed E-state index contributed by atoms with van der Waals surface area (Å²) in [6.45, 7) is 4.96. The number of carboxylic acid groups (broad SMARTS) is 1. The summed E-state index contributed by atoms with van der Waals surface area (Å²) >= 11 is 3.94. The number of amides is 23. The summed E-state index contributed by atoms with van der Waals surface area (Å²) in [5.41, 5.74) is 16.9. The Labute approximate surface area is 856 Å². The minimum atomic E-state index is -1.82. The number of nitrogens with zero attached hydrogens (tertiary/aromatic N) is 5. The summed E-state index contributed by atoms with van der Waals surface area (Å²) < 4.78 is 0. The van der Waals surface area contributed by atoms with Crippen molar-refractivity contribution in [2.75, 3.05) is 91.2 Å². The molecule has 0 unspecified atom stereocenters. The fraction of sp³-hybridized carbons (Fsp3) is 0.697. The van der Waals surface area contributed by atoms with Crippen molar-refractivity contribution in [3.05, 3.63) is 18.2 Å². The SMILES string of the molecule is CC[C@H](C)[C@H](NC(=O)[C@@H]1CCCN1C(=O)CNC(=O)[C@H](CC(N)=O)NC(=O)[C@H](Cc1cnc[nH]1)NC(=O)[C@@H](N)CCC(N)=O)C(=O)N1CCC[C@H]1C(=O)N[C@@H](CO)C(=O)N[C@@H](CC(C)C)C(=O)N[C@H](C(=O)N1CCC[C@H]1C(=O)N1CCC[C@H]1C(=O)N[C@@H](CO)C(=O)NCC(=O)N[C@@H](CO)C(=O)N[C@@H](CC(C)C)C(=O)N[C@H](C(=O)N[C@@H](CO)C(=O)NCC(=O)N[C@@H](CO)C(=O)N[C@@H](CS)C(=O)N[C@@H](CO)C(=O)O)C(C)C)[C@@H](C)O. The molecule has 0 radical (unpaired) electrons. The number of nitrogens with one attached hydrogen (secondary N) is 18. The van der Waals surface area contributed by atoms with Crippen LogP contribution >= 0.6 is 12.6 Å². The lowest BCUT2D eigenvalue weighted by Crippen LogP contribution is -2.62. The fourth-order valence-electron chi connectivity index (χ4n) is 16.5. The average molecular weight is 2120 g/mol. The summed E-state index contributed by atoms with van der Waals surface area (Å²) in [4.78, 5) is 336. The number of hydrogen-bond donors (Lipinski definition) is 30. The molecule has 58 nitrogen and oxygen atoms in total. The monoisotopic (exact) mass is 2120 g/mol. The van der Waals surface area contributed by atoms with Crippen LogP contribution in [0.1, 0.15) is 158 Å². The van der Waals surface area contributed by atoms with Gasteiger partial charge in [0.15, 0.2) is 0 Å². The number of H-pyrrole nitrogens is 1. The van der Waals surface area contributed by atoms with E-state index in [-0.39, 0.29) is 121 Å². The summed E-state index contributed by atoms with van der Waals surface area (Å²) in [6, 6.07) is -29.4. The van der Waals surface area contributed by atoms with E-state index in [0.29, 0.717) is 12.1 Å². The number of carboxylic acids is 1. The Morgan fingerprint density at radius 3 is 1.23 bits per heavy atom. The molecule has 5 heterocycles. The third-order valence-electron chi connectivity index (χ3n) is 24.8. The highest BCUT2D eigenvalue weighted by Gasteiger charge is 2.49. The molecule has 32 N–H and O–H groups in total. The molecular weight excluding hydrogens is 1980 g/mol. The maximum atomic E-state index is 14.8. The van der Waals surface area contributed by atoms with E-state index in [9.17, 15) is 151 Å². The topological polar surface area (TPSA) is 896 Å². The number of likely N-dealkylation sites (tertiary alicyclic amines) is 4. The second-order valence-corrected chi connectivity index (χ2v) is 37.9. The number of aliphatic hydroxyl groups excluding tert-OH is 7. The van der Waals surface area contributed by atoms with Crippen molar-refractivity contribution in [1.29, 1.82) is 0 Å². The molecule has 4 aliphatic rings. The molecule has 0 aromatic carbocycles. The van der Waals surface area contributed by atoms with Gasteiger partial charge >= 0.3 is 5.97 Å². The van der Waals surface area contributed by atoms with Gasteiger partial charge in [-0.3, -0.25) is 110 Å². The van der Waals surface area contributed by atoms with Crippen LogP contribution in [0.2, 0.25) is 0 Å². The van der Waals surface area contributed by atoms with E-state index in [4.69, 9.17) is 22.3 Å².